The number of carbonyl (C=O) groups is 1. The standard InChI is InChI=1S/C22H26N4O2/c1-15(2)26-19-13-23-10-8-18(19)24-22(26)17-9-11-25(14-17)21(27)12-16-6-4-5-7-20(16)28-3/h4-8,10,13,15,17H,9,11-12,14H2,1-3H3/t17-/m0/s1. The van der Waals surface area contributed by atoms with E-state index < -0.39 is 0 Å². The molecule has 0 spiro atoms. The van der Waals surface area contributed by atoms with Crippen molar-refractivity contribution in [2.75, 3.05) is 20.2 Å². The third-order valence-corrected chi connectivity index (χ3v) is 5.48. The summed E-state index contributed by atoms with van der Waals surface area (Å²) in [5.41, 5.74) is 2.96. The molecule has 1 aromatic carbocycles. The number of amides is 1. The van der Waals surface area contributed by atoms with Gasteiger partial charge in [0, 0.05) is 36.8 Å². The van der Waals surface area contributed by atoms with Crippen LogP contribution in [0.15, 0.2) is 42.7 Å². The molecule has 4 rings (SSSR count). The monoisotopic (exact) mass is 378 g/mol. The molecule has 28 heavy (non-hydrogen) atoms. The molecular weight excluding hydrogens is 352 g/mol. The lowest BCUT2D eigenvalue weighted by atomic mass is 10.1. The molecule has 0 aliphatic carbocycles. The Bertz CT molecular complexity index is 995. The molecule has 0 bridgehead atoms. The van der Waals surface area contributed by atoms with Crippen molar-refractivity contribution in [2.24, 2.45) is 0 Å². The maximum Gasteiger partial charge on any atom is 0.227 e. The van der Waals surface area contributed by atoms with Gasteiger partial charge in [0.1, 0.15) is 11.6 Å². The Balaban J connectivity index is 1.54. The van der Waals surface area contributed by atoms with Gasteiger partial charge in [-0.15, -0.1) is 0 Å². The summed E-state index contributed by atoms with van der Waals surface area (Å²) in [6.07, 6.45) is 4.95. The molecular formula is C22H26N4O2. The normalized spacial score (nSPS) is 16.9. The molecule has 146 valence electrons. The highest BCUT2D eigenvalue weighted by molar-refractivity contribution is 5.80. The van der Waals surface area contributed by atoms with Gasteiger partial charge >= 0.3 is 0 Å². The van der Waals surface area contributed by atoms with Crippen LogP contribution < -0.4 is 4.74 Å². The molecule has 1 fully saturated rings. The van der Waals surface area contributed by atoms with E-state index in [4.69, 9.17) is 9.72 Å². The van der Waals surface area contributed by atoms with Crippen LogP contribution >= 0.6 is 0 Å². The van der Waals surface area contributed by atoms with Crippen LogP contribution in [-0.4, -0.2) is 45.5 Å². The minimum Gasteiger partial charge on any atom is -0.496 e. The van der Waals surface area contributed by atoms with Crippen molar-refractivity contribution in [2.45, 2.75) is 38.6 Å². The van der Waals surface area contributed by atoms with E-state index in [1.54, 1.807) is 13.3 Å². The largest absolute Gasteiger partial charge is 0.496 e. The van der Waals surface area contributed by atoms with E-state index in [1.165, 1.54) is 0 Å². The van der Waals surface area contributed by atoms with Crippen LogP contribution in [0.25, 0.3) is 11.0 Å². The minimum absolute atomic E-state index is 0.140. The summed E-state index contributed by atoms with van der Waals surface area (Å²) >= 11 is 0. The molecule has 1 aliphatic heterocycles. The first-order valence-electron chi connectivity index (χ1n) is 9.80. The average molecular weight is 378 g/mol. The van der Waals surface area contributed by atoms with Crippen LogP contribution in [0, 0.1) is 0 Å². The summed E-state index contributed by atoms with van der Waals surface area (Å²) in [5.74, 6) is 2.21. The highest BCUT2D eigenvalue weighted by Crippen LogP contribution is 2.32. The third-order valence-electron chi connectivity index (χ3n) is 5.48. The predicted octanol–water partition coefficient (Wildman–Crippen LogP) is 3.58. The van der Waals surface area contributed by atoms with Crippen LogP contribution in [0.3, 0.4) is 0 Å². The fourth-order valence-electron chi connectivity index (χ4n) is 4.11. The molecule has 1 aliphatic rings. The van der Waals surface area contributed by atoms with Gasteiger partial charge in [-0.25, -0.2) is 4.98 Å². The average Bonchev–Trinajstić information content (AvgIpc) is 3.33. The van der Waals surface area contributed by atoms with Crippen molar-refractivity contribution in [3.8, 4) is 5.75 Å². The molecule has 0 unspecified atom stereocenters. The molecule has 6 nitrogen and oxygen atoms in total. The third kappa shape index (κ3) is 3.35. The van der Waals surface area contributed by atoms with Crippen molar-refractivity contribution in [1.29, 1.82) is 0 Å². The van der Waals surface area contributed by atoms with Crippen molar-refractivity contribution in [3.05, 3.63) is 54.1 Å². The number of nitrogens with zero attached hydrogens (tertiary/aromatic N) is 4. The smallest absolute Gasteiger partial charge is 0.227 e. The number of ether oxygens (including phenoxy) is 1. The van der Waals surface area contributed by atoms with Crippen LogP contribution in [0.1, 0.15) is 43.6 Å². The second-order valence-corrected chi connectivity index (χ2v) is 7.61. The summed E-state index contributed by atoms with van der Waals surface area (Å²) < 4.78 is 7.65. The number of carbonyl (C=O) groups excluding carboxylic acids is 1. The van der Waals surface area contributed by atoms with E-state index in [2.05, 4.69) is 23.4 Å². The van der Waals surface area contributed by atoms with Crippen molar-refractivity contribution < 1.29 is 9.53 Å². The van der Waals surface area contributed by atoms with Crippen molar-refractivity contribution >= 4 is 16.9 Å². The summed E-state index contributed by atoms with van der Waals surface area (Å²) in [5, 5.41) is 0. The van der Waals surface area contributed by atoms with Gasteiger partial charge in [-0.05, 0) is 32.4 Å². The lowest BCUT2D eigenvalue weighted by molar-refractivity contribution is -0.129. The quantitative estimate of drug-likeness (QED) is 0.681. The molecule has 0 radical (unpaired) electrons. The van der Waals surface area contributed by atoms with E-state index in [-0.39, 0.29) is 11.8 Å². The number of pyridine rings is 1. The lowest BCUT2D eigenvalue weighted by Crippen LogP contribution is -2.30. The fraction of sp³-hybridized carbons (Fsp3) is 0.409. The maximum atomic E-state index is 12.9. The van der Waals surface area contributed by atoms with Crippen LogP contribution in [-0.2, 0) is 11.2 Å². The predicted molar refractivity (Wildman–Crippen MR) is 109 cm³/mol. The highest BCUT2D eigenvalue weighted by atomic mass is 16.5. The number of rotatable bonds is 5. The zero-order chi connectivity index (χ0) is 19.7. The zero-order valence-electron chi connectivity index (χ0n) is 16.6. The van der Waals surface area contributed by atoms with Gasteiger partial charge in [0.25, 0.3) is 0 Å². The highest BCUT2D eigenvalue weighted by Gasteiger charge is 2.31. The zero-order valence-corrected chi connectivity index (χ0v) is 16.6. The maximum absolute atomic E-state index is 12.9. The second kappa shape index (κ2) is 7.62. The summed E-state index contributed by atoms with van der Waals surface area (Å²) in [7, 11) is 1.64. The van der Waals surface area contributed by atoms with Crippen molar-refractivity contribution in [3.63, 3.8) is 0 Å². The molecule has 1 atom stereocenters. The molecule has 6 heteroatoms. The van der Waals surface area contributed by atoms with E-state index in [9.17, 15) is 4.79 Å². The number of hydrogen-bond acceptors (Lipinski definition) is 4. The van der Waals surface area contributed by atoms with Crippen molar-refractivity contribution in [1.82, 2.24) is 19.4 Å². The van der Waals surface area contributed by atoms with Gasteiger partial charge in [-0.2, -0.15) is 0 Å². The molecule has 0 N–H and O–H groups in total. The first kappa shape index (κ1) is 18.5. The summed E-state index contributed by atoms with van der Waals surface area (Å²) in [6, 6.07) is 9.96. The van der Waals surface area contributed by atoms with E-state index in [1.807, 2.05) is 41.4 Å². The second-order valence-electron chi connectivity index (χ2n) is 7.61. The van der Waals surface area contributed by atoms with Gasteiger partial charge in [0.2, 0.25) is 5.91 Å². The number of imidazole rings is 1. The molecule has 1 saturated heterocycles. The number of hydrogen-bond donors (Lipinski definition) is 0. The van der Waals surface area contributed by atoms with Crippen LogP contribution in [0.5, 0.6) is 5.75 Å². The SMILES string of the molecule is COc1ccccc1CC(=O)N1CC[C@H](c2nc3ccncc3n2C(C)C)C1. The van der Waals surface area contributed by atoms with Gasteiger partial charge in [-0.1, -0.05) is 18.2 Å². The minimum atomic E-state index is 0.140. The molecule has 0 saturated carbocycles. The molecule has 3 aromatic rings. The number of methoxy groups -OCH3 is 1. The number of fused-ring (bicyclic) bond motifs is 1. The topological polar surface area (TPSA) is 60.2 Å². The summed E-state index contributed by atoms with van der Waals surface area (Å²) in [4.78, 5) is 24.0. The number of benzene rings is 1. The molecule has 3 heterocycles. The van der Waals surface area contributed by atoms with Crippen LogP contribution in [0.2, 0.25) is 0 Å². The first-order chi connectivity index (χ1) is 13.6. The number of aromatic nitrogens is 3. The van der Waals surface area contributed by atoms with Gasteiger partial charge in [0.05, 0.1) is 30.8 Å². The first-order valence-corrected chi connectivity index (χ1v) is 9.80. The Morgan fingerprint density at radius 1 is 1.29 bits per heavy atom. The Labute approximate surface area is 165 Å². The number of likely N-dealkylation sites (tertiary alicyclic amines) is 1. The van der Waals surface area contributed by atoms with E-state index in [0.717, 1.165) is 41.1 Å². The number of para-hydroxylation sites is 1. The van der Waals surface area contributed by atoms with Gasteiger partial charge < -0.3 is 14.2 Å². The summed E-state index contributed by atoms with van der Waals surface area (Å²) in [6.45, 7) is 5.80. The Kier molecular flexibility index (Phi) is 5.03. The van der Waals surface area contributed by atoms with Crippen LogP contribution in [0.4, 0.5) is 0 Å². The Morgan fingerprint density at radius 2 is 2.11 bits per heavy atom. The Hall–Kier alpha value is -2.89. The lowest BCUT2D eigenvalue weighted by Gasteiger charge is -2.19. The molecule has 2 aromatic heterocycles. The van der Waals surface area contributed by atoms with Gasteiger partial charge in [-0.3, -0.25) is 9.78 Å². The fourth-order valence-corrected chi connectivity index (χ4v) is 4.11. The van der Waals surface area contributed by atoms with E-state index in [0.29, 0.717) is 19.0 Å². The van der Waals surface area contributed by atoms with Gasteiger partial charge in [0.15, 0.2) is 0 Å². The Morgan fingerprint density at radius 3 is 2.89 bits per heavy atom. The molecule has 1 amide bonds. The van der Waals surface area contributed by atoms with E-state index >= 15 is 0 Å².